The monoisotopic (exact) mass is 448 g/mol. The fourth-order valence-corrected chi connectivity index (χ4v) is 4.11. The van der Waals surface area contributed by atoms with Gasteiger partial charge < -0.3 is 18.8 Å². The Morgan fingerprint density at radius 3 is 2.23 bits per heavy atom. The largest absolute Gasteiger partial charge is 0.493 e. The average molecular weight is 449 g/mol. The summed E-state index contributed by atoms with van der Waals surface area (Å²) in [6.07, 6.45) is 0.910. The number of aromatic nitrogens is 1. The summed E-state index contributed by atoms with van der Waals surface area (Å²) >= 11 is 1.39. The summed E-state index contributed by atoms with van der Waals surface area (Å²) in [4.78, 5) is 5.10. The van der Waals surface area contributed by atoms with Gasteiger partial charge in [-0.3, -0.25) is 0 Å². The van der Waals surface area contributed by atoms with E-state index in [1.165, 1.54) is 23.5 Å². The van der Waals surface area contributed by atoms with Gasteiger partial charge in [-0.25, -0.2) is 13.8 Å². The molecule has 2 aromatic carbocycles. The van der Waals surface area contributed by atoms with E-state index < -0.39 is 11.6 Å². The Morgan fingerprint density at radius 2 is 1.68 bits per heavy atom. The zero-order valence-corrected chi connectivity index (χ0v) is 19.1. The van der Waals surface area contributed by atoms with Gasteiger partial charge in [-0.1, -0.05) is 13.8 Å². The minimum atomic E-state index is -0.696. The molecule has 5 nitrogen and oxygen atoms in total. The lowest BCUT2D eigenvalue weighted by Crippen LogP contribution is -2.17. The van der Waals surface area contributed by atoms with Crippen molar-refractivity contribution >= 4 is 17.0 Å². The van der Waals surface area contributed by atoms with Gasteiger partial charge in [-0.15, -0.1) is 11.3 Å². The first-order valence-electron chi connectivity index (χ1n) is 9.86. The highest BCUT2D eigenvalue weighted by atomic mass is 32.1. The van der Waals surface area contributed by atoms with Crippen LogP contribution in [0.5, 0.6) is 17.2 Å². The van der Waals surface area contributed by atoms with Crippen molar-refractivity contribution in [3.63, 3.8) is 0 Å². The Kier molecular flexibility index (Phi) is 7.33. The van der Waals surface area contributed by atoms with Gasteiger partial charge >= 0.3 is 0 Å². The van der Waals surface area contributed by atoms with Crippen LogP contribution in [0.3, 0.4) is 0 Å². The molecule has 0 aliphatic rings. The number of benzene rings is 2. The van der Waals surface area contributed by atoms with Crippen molar-refractivity contribution in [1.82, 2.24) is 4.57 Å². The van der Waals surface area contributed by atoms with Gasteiger partial charge in [0, 0.05) is 23.6 Å². The van der Waals surface area contributed by atoms with Crippen LogP contribution in [0.1, 0.15) is 20.3 Å². The molecule has 0 radical (unpaired) electrons. The van der Waals surface area contributed by atoms with Gasteiger partial charge in [0.15, 0.2) is 22.1 Å². The van der Waals surface area contributed by atoms with E-state index in [9.17, 15) is 8.78 Å². The van der Waals surface area contributed by atoms with Crippen molar-refractivity contribution in [1.29, 1.82) is 0 Å². The van der Waals surface area contributed by atoms with Crippen molar-refractivity contribution in [2.24, 2.45) is 10.9 Å². The molecule has 1 aromatic heterocycles. The average Bonchev–Trinajstić information content (AvgIpc) is 3.15. The van der Waals surface area contributed by atoms with Crippen molar-refractivity contribution in [2.45, 2.75) is 26.8 Å². The van der Waals surface area contributed by atoms with Crippen molar-refractivity contribution in [3.8, 4) is 28.5 Å². The quantitative estimate of drug-likeness (QED) is 0.438. The molecule has 0 aliphatic carbocycles. The van der Waals surface area contributed by atoms with Gasteiger partial charge in [-0.05, 0) is 36.6 Å². The predicted molar refractivity (Wildman–Crippen MR) is 118 cm³/mol. The Balaban J connectivity index is 2.18. The third-order valence-electron chi connectivity index (χ3n) is 4.81. The zero-order chi connectivity index (χ0) is 22.5. The fourth-order valence-electron chi connectivity index (χ4n) is 3.16. The molecule has 1 heterocycles. The molecule has 0 bridgehead atoms. The molecule has 166 valence electrons. The SMILES string of the molecule is COc1cc(-c2csc(=Nc3ccc(F)cc3F)n2CCC(C)C)cc(OC)c1OC. The Bertz CT molecular complexity index is 1100. The topological polar surface area (TPSA) is 45.0 Å². The molecule has 0 unspecified atom stereocenters. The van der Waals surface area contributed by atoms with Gasteiger partial charge in [0.05, 0.1) is 27.0 Å². The smallest absolute Gasteiger partial charge is 0.203 e. The number of hydrogen-bond donors (Lipinski definition) is 0. The van der Waals surface area contributed by atoms with Crippen molar-refractivity contribution < 1.29 is 23.0 Å². The first-order chi connectivity index (χ1) is 14.9. The third-order valence-corrected chi connectivity index (χ3v) is 5.68. The van der Waals surface area contributed by atoms with Crippen LogP contribution >= 0.6 is 11.3 Å². The summed E-state index contributed by atoms with van der Waals surface area (Å²) in [5.41, 5.74) is 1.85. The van der Waals surface area contributed by atoms with E-state index in [1.807, 2.05) is 22.1 Å². The van der Waals surface area contributed by atoms with E-state index in [2.05, 4.69) is 18.8 Å². The Labute approximate surface area is 184 Å². The lowest BCUT2D eigenvalue weighted by Gasteiger charge is -2.16. The van der Waals surface area contributed by atoms with Gasteiger partial charge in [0.2, 0.25) is 5.75 Å². The summed E-state index contributed by atoms with van der Waals surface area (Å²) in [6, 6.07) is 7.13. The molecular weight excluding hydrogens is 422 g/mol. The molecule has 0 aliphatic heterocycles. The molecule has 0 saturated heterocycles. The Hall–Kier alpha value is -2.87. The van der Waals surface area contributed by atoms with Crippen molar-refractivity contribution in [3.05, 3.63) is 52.1 Å². The number of halogens is 2. The number of rotatable bonds is 8. The molecule has 3 aromatic rings. The second-order valence-electron chi connectivity index (χ2n) is 7.36. The molecule has 0 spiro atoms. The summed E-state index contributed by atoms with van der Waals surface area (Å²) < 4.78 is 45.9. The van der Waals surface area contributed by atoms with Crippen LogP contribution in [-0.2, 0) is 6.54 Å². The first-order valence-corrected chi connectivity index (χ1v) is 10.7. The maximum Gasteiger partial charge on any atom is 0.203 e. The summed E-state index contributed by atoms with van der Waals surface area (Å²) in [5.74, 6) is 0.737. The summed E-state index contributed by atoms with van der Waals surface area (Å²) in [6.45, 7) is 4.97. The van der Waals surface area contributed by atoms with Crippen LogP contribution in [0.15, 0.2) is 40.7 Å². The highest BCUT2D eigenvalue weighted by Gasteiger charge is 2.17. The lowest BCUT2D eigenvalue weighted by molar-refractivity contribution is 0.324. The minimum Gasteiger partial charge on any atom is -0.493 e. The number of nitrogens with zero attached hydrogens (tertiary/aromatic N) is 2. The Morgan fingerprint density at radius 1 is 1.00 bits per heavy atom. The number of thiazole rings is 1. The molecule has 0 saturated carbocycles. The molecule has 0 N–H and O–H groups in total. The zero-order valence-electron chi connectivity index (χ0n) is 18.2. The van der Waals surface area contributed by atoms with E-state index in [0.717, 1.165) is 23.7 Å². The molecule has 31 heavy (non-hydrogen) atoms. The van der Waals surface area contributed by atoms with Gasteiger partial charge in [0.25, 0.3) is 0 Å². The van der Waals surface area contributed by atoms with Crippen LogP contribution in [0.2, 0.25) is 0 Å². The minimum absolute atomic E-state index is 0.0954. The first kappa shape index (κ1) is 22.8. The fraction of sp³-hybridized carbons (Fsp3) is 0.348. The lowest BCUT2D eigenvalue weighted by atomic mass is 10.1. The second kappa shape index (κ2) is 9.96. The van der Waals surface area contributed by atoms with E-state index in [1.54, 1.807) is 21.3 Å². The van der Waals surface area contributed by atoms with E-state index in [4.69, 9.17) is 14.2 Å². The van der Waals surface area contributed by atoms with Crippen LogP contribution in [0.4, 0.5) is 14.5 Å². The van der Waals surface area contributed by atoms with E-state index >= 15 is 0 Å². The third kappa shape index (κ3) is 5.07. The van der Waals surface area contributed by atoms with Crippen LogP contribution in [0.25, 0.3) is 11.3 Å². The van der Waals surface area contributed by atoms with Crippen LogP contribution in [0, 0.1) is 17.6 Å². The van der Waals surface area contributed by atoms with Crippen LogP contribution < -0.4 is 19.0 Å². The van der Waals surface area contributed by atoms with Gasteiger partial charge in [0.1, 0.15) is 11.5 Å². The maximum atomic E-state index is 14.2. The number of ether oxygens (including phenoxy) is 3. The highest BCUT2D eigenvalue weighted by Crippen LogP contribution is 2.41. The van der Waals surface area contributed by atoms with Crippen molar-refractivity contribution in [2.75, 3.05) is 21.3 Å². The molecule has 0 amide bonds. The maximum absolute atomic E-state index is 14.2. The second-order valence-corrected chi connectivity index (χ2v) is 8.20. The molecule has 8 heteroatoms. The molecule has 3 rings (SSSR count). The van der Waals surface area contributed by atoms with Crippen LogP contribution in [-0.4, -0.2) is 25.9 Å². The molecular formula is C23H26F2N2O3S. The predicted octanol–water partition coefficient (Wildman–Crippen LogP) is 5.80. The highest BCUT2D eigenvalue weighted by molar-refractivity contribution is 7.07. The number of methoxy groups -OCH3 is 3. The normalized spacial score (nSPS) is 11.8. The standard InChI is InChI=1S/C23H26F2N2O3S/c1-14(2)8-9-27-19(15-10-20(28-3)22(30-5)21(11-15)29-4)13-31-23(27)26-18-7-6-16(24)12-17(18)25/h6-7,10-14H,8-9H2,1-5H3. The van der Waals surface area contributed by atoms with E-state index in [-0.39, 0.29) is 5.69 Å². The summed E-state index contributed by atoms with van der Waals surface area (Å²) in [5, 5.41) is 1.96. The molecule has 0 fully saturated rings. The van der Waals surface area contributed by atoms with E-state index in [0.29, 0.717) is 34.5 Å². The number of hydrogen-bond acceptors (Lipinski definition) is 5. The van der Waals surface area contributed by atoms with Gasteiger partial charge in [-0.2, -0.15) is 0 Å². The molecule has 0 atom stereocenters. The summed E-state index contributed by atoms with van der Waals surface area (Å²) in [7, 11) is 4.70.